The molecule has 0 saturated heterocycles. The van der Waals surface area contributed by atoms with E-state index in [2.05, 4.69) is 15.4 Å². The Morgan fingerprint density at radius 3 is 2.33 bits per heavy atom. The number of carbonyl (C=O) groups excluding carboxylic acids is 1. The highest BCUT2D eigenvalue weighted by atomic mass is 16.6. The first-order valence-electron chi connectivity index (χ1n) is 13.1. The van der Waals surface area contributed by atoms with Crippen LogP contribution >= 0.6 is 0 Å². The number of H-pyrrole nitrogens is 1. The van der Waals surface area contributed by atoms with Crippen molar-refractivity contribution in [3.63, 3.8) is 0 Å². The van der Waals surface area contributed by atoms with Crippen molar-refractivity contribution in [2.45, 2.75) is 39.7 Å². The highest BCUT2D eigenvalue weighted by Crippen LogP contribution is 2.26. The molecule has 0 bridgehead atoms. The van der Waals surface area contributed by atoms with Gasteiger partial charge in [0.25, 0.3) is 11.2 Å². The quantitative estimate of drug-likeness (QED) is 0.109. The summed E-state index contributed by atoms with van der Waals surface area (Å²) in [5.41, 5.74) is 3.62. The van der Waals surface area contributed by atoms with Gasteiger partial charge in [-0.1, -0.05) is 50.2 Å². The van der Waals surface area contributed by atoms with Gasteiger partial charge in [-0.25, -0.2) is 9.48 Å². The van der Waals surface area contributed by atoms with Gasteiger partial charge < -0.3 is 10.1 Å². The predicted octanol–water partition coefficient (Wildman–Crippen LogP) is 5.67. The van der Waals surface area contributed by atoms with Crippen LogP contribution in [0.15, 0.2) is 82.6 Å². The molecule has 1 unspecified atom stereocenters. The van der Waals surface area contributed by atoms with Crippen LogP contribution in [0.4, 0.5) is 17.1 Å². The highest BCUT2D eigenvalue weighted by Gasteiger charge is 2.30. The summed E-state index contributed by atoms with van der Waals surface area (Å²) in [5, 5.41) is 17.5. The van der Waals surface area contributed by atoms with Gasteiger partial charge in [0.15, 0.2) is 6.04 Å². The van der Waals surface area contributed by atoms with Crippen LogP contribution in [0.3, 0.4) is 0 Å². The standard InChI is InChI=1S/C30H31N5O5/c1-4-20-11-7-9-13-25(20)31-19-24-27(33-34(29(24)36)22-15-17-23(18-16-22)35(38)39)28(30(37)40-6-3)32-26-14-10-8-12-21(26)5-2/h7-19,28,32-33H,4-6H2,1-3H3. The van der Waals surface area contributed by atoms with Gasteiger partial charge in [0.2, 0.25) is 0 Å². The van der Waals surface area contributed by atoms with Gasteiger partial charge in [0, 0.05) is 24.0 Å². The molecule has 0 spiro atoms. The number of nitro benzene ring substituents is 1. The van der Waals surface area contributed by atoms with Crippen LogP contribution in [0, 0.1) is 10.1 Å². The maximum Gasteiger partial charge on any atom is 0.334 e. The van der Waals surface area contributed by atoms with Crippen molar-refractivity contribution in [2.75, 3.05) is 11.9 Å². The fraction of sp³-hybridized carbons (Fsp3) is 0.233. The average molecular weight is 542 g/mol. The van der Waals surface area contributed by atoms with E-state index >= 15 is 0 Å². The highest BCUT2D eigenvalue weighted by molar-refractivity contribution is 5.89. The number of hydrogen-bond donors (Lipinski definition) is 2. The van der Waals surface area contributed by atoms with Gasteiger partial charge >= 0.3 is 5.97 Å². The molecule has 0 saturated carbocycles. The Balaban J connectivity index is 1.89. The molecular weight excluding hydrogens is 510 g/mol. The molecule has 4 aromatic rings. The summed E-state index contributed by atoms with van der Waals surface area (Å²) >= 11 is 0. The Hall–Kier alpha value is -4.99. The molecule has 0 aliphatic carbocycles. The summed E-state index contributed by atoms with van der Waals surface area (Å²) in [6.45, 7) is 5.89. The summed E-state index contributed by atoms with van der Waals surface area (Å²) in [6, 6.07) is 19.7. The lowest BCUT2D eigenvalue weighted by atomic mass is 10.1. The van der Waals surface area contributed by atoms with Crippen LogP contribution in [0.1, 0.15) is 49.2 Å². The van der Waals surface area contributed by atoms with Crippen LogP contribution < -0.4 is 10.9 Å². The molecule has 10 heteroatoms. The number of rotatable bonds is 11. The molecule has 3 aromatic carbocycles. The molecule has 0 fully saturated rings. The summed E-state index contributed by atoms with van der Waals surface area (Å²) in [5.74, 6) is -0.575. The molecule has 40 heavy (non-hydrogen) atoms. The Bertz CT molecular complexity index is 1590. The van der Waals surface area contributed by atoms with Crippen molar-refractivity contribution in [3.05, 3.63) is 116 Å². The van der Waals surface area contributed by atoms with Crippen LogP contribution in [0.25, 0.3) is 5.69 Å². The van der Waals surface area contributed by atoms with E-state index in [1.165, 1.54) is 35.2 Å². The summed E-state index contributed by atoms with van der Waals surface area (Å²) in [6.07, 6.45) is 2.92. The van der Waals surface area contributed by atoms with Crippen LogP contribution in [-0.4, -0.2) is 33.5 Å². The minimum Gasteiger partial charge on any atom is -0.464 e. The number of nitro groups is 1. The number of esters is 1. The Morgan fingerprint density at radius 2 is 1.68 bits per heavy atom. The summed E-state index contributed by atoms with van der Waals surface area (Å²) < 4.78 is 6.65. The van der Waals surface area contributed by atoms with Gasteiger partial charge in [-0.3, -0.25) is 25.0 Å². The number of aliphatic imine (C=N–C) groups is 1. The van der Waals surface area contributed by atoms with Crippen LogP contribution in [0.5, 0.6) is 0 Å². The SMILES string of the molecule is CCOC(=O)C(Nc1ccccc1CC)c1[nH]n(-c2ccc([N+](=O)[O-])cc2)c(=O)c1C=Nc1ccccc1CC. The molecule has 4 rings (SSSR count). The zero-order valence-corrected chi connectivity index (χ0v) is 22.6. The third kappa shape index (κ3) is 6.01. The average Bonchev–Trinajstić information content (AvgIpc) is 3.30. The zero-order chi connectivity index (χ0) is 28.6. The minimum atomic E-state index is -1.07. The fourth-order valence-electron chi connectivity index (χ4n) is 4.39. The maximum absolute atomic E-state index is 13.8. The van der Waals surface area contributed by atoms with Crippen molar-refractivity contribution in [2.24, 2.45) is 4.99 Å². The first-order chi connectivity index (χ1) is 19.4. The van der Waals surface area contributed by atoms with Crippen LogP contribution in [0.2, 0.25) is 0 Å². The Morgan fingerprint density at radius 1 is 1.02 bits per heavy atom. The van der Waals surface area contributed by atoms with E-state index in [9.17, 15) is 19.7 Å². The summed E-state index contributed by atoms with van der Waals surface area (Å²) in [4.78, 5) is 42.3. The van der Waals surface area contributed by atoms with E-state index in [1.807, 2.05) is 62.4 Å². The molecule has 0 amide bonds. The van der Waals surface area contributed by atoms with Crippen molar-refractivity contribution in [1.29, 1.82) is 0 Å². The van der Waals surface area contributed by atoms with E-state index in [0.717, 1.165) is 29.7 Å². The van der Waals surface area contributed by atoms with Gasteiger partial charge in [0.05, 0.1) is 34.2 Å². The summed E-state index contributed by atoms with van der Waals surface area (Å²) in [7, 11) is 0. The Labute approximate surface area is 231 Å². The Kier molecular flexibility index (Phi) is 8.90. The molecule has 0 aliphatic rings. The second-order valence-electron chi connectivity index (χ2n) is 8.93. The number of non-ortho nitro benzene ring substituents is 1. The third-order valence-electron chi connectivity index (χ3n) is 6.49. The number of para-hydroxylation sites is 2. The first kappa shape index (κ1) is 28.0. The van der Waals surface area contributed by atoms with Crippen molar-refractivity contribution < 1.29 is 14.5 Å². The van der Waals surface area contributed by atoms with Crippen LogP contribution in [-0.2, 0) is 22.4 Å². The number of aromatic nitrogens is 2. The molecule has 2 N–H and O–H groups in total. The topological polar surface area (TPSA) is 132 Å². The first-order valence-corrected chi connectivity index (χ1v) is 13.1. The number of aromatic amines is 1. The van der Waals surface area contributed by atoms with Crippen molar-refractivity contribution >= 4 is 29.2 Å². The van der Waals surface area contributed by atoms with E-state index in [-0.39, 0.29) is 23.6 Å². The monoisotopic (exact) mass is 541 g/mol. The number of ether oxygens (including phenoxy) is 1. The molecule has 206 valence electrons. The molecule has 0 radical (unpaired) electrons. The molecule has 1 aromatic heterocycles. The van der Waals surface area contributed by atoms with Crippen molar-refractivity contribution in [1.82, 2.24) is 9.78 Å². The van der Waals surface area contributed by atoms with E-state index in [0.29, 0.717) is 11.4 Å². The largest absolute Gasteiger partial charge is 0.464 e. The lowest BCUT2D eigenvalue weighted by Gasteiger charge is -2.20. The number of nitrogens with one attached hydrogen (secondary N) is 2. The third-order valence-corrected chi connectivity index (χ3v) is 6.49. The zero-order valence-electron chi connectivity index (χ0n) is 22.6. The van der Waals surface area contributed by atoms with Gasteiger partial charge in [-0.05, 0) is 55.2 Å². The van der Waals surface area contributed by atoms with E-state index in [4.69, 9.17) is 4.74 Å². The number of carbonyl (C=O) groups is 1. The number of benzene rings is 3. The number of aryl methyl sites for hydroxylation is 2. The lowest BCUT2D eigenvalue weighted by Crippen LogP contribution is -2.26. The maximum atomic E-state index is 13.8. The molecular formula is C30H31N5O5. The molecule has 1 atom stereocenters. The second kappa shape index (κ2) is 12.7. The second-order valence-corrected chi connectivity index (χ2v) is 8.93. The van der Waals surface area contributed by atoms with E-state index < -0.39 is 22.5 Å². The predicted molar refractivity (Wildman–Crippen MR) is 155 cm³/mol. The smallest absolute Gasteiger partial charge is 0.334 e. The molecule has 1 heterocycles. The number of hydrogen-bond acceptors (Lipinski definition) is 7. The minimum absolute atomic E-state index is 0.108. The van der Waals surface area contributed by atoms with Gasteiger partial charge in [-0.2, -0.15) is 0 Å². The molecule has 10 nitrogen and oxygen atoms in total. The fourth-order valence-corrected chi connectivity index (χ4v) is 4.39. The van der Waals surface area contributed by atoms with E-state index in [1.54, 1.807) is 6.92 Å². The molecule has 0 aliphatic heterocycles. The number of anilines is 1. The lowest BCUT2D eigenvalue weighted by molar-refractivity contribution is -0.384. The van der Waals surface area contributed by atoms with Crippen molar-refractivity contribution in [3.8, 4) is 5.69 Å². The van der Waals surface area contributed by atoms with Gasteiger partial charge in [0.1, 0.15) is 0 Å². The van der Waals surface area contributed by atoms with Gasteiger partial charge in [-0.15, -0.1) is 0 Å². The number of nitrogens with zero attached hydrogens (tertiary/aromatic N) is 3. The normalized spacial score (nSPS) is 11.9.